The van der Waals surface area contributed by atoms with E-state index >= 15 is 0 Å². The van der Waals surface area contributed by atoms with Crippen LogP contribution in [0.4, 0.5) is 13.2 Å². The maximum absolute atomic E-state index is 13.1. The summed E-state index contributed by atoms with van der Waals surface area (Å²) in [5, 5.41) is 2.91. The fourth-order valence-corrected chi connectivity index (χ4v) is 2.48. The fraction of sp³-hybridized carbons (Fsp3) is 0.188. The number of hydrogen-bond acceptors (Lipinski definition) is 3. The van der Waals surface area contributed by atoms with Crippen molar-refractivity contribution in [3.8, 4) is 0 Å². The lowest BCUT2D eigenvalue weighted by Crippen LogP contribution is -2.28. The van der Waals surface area contributed by atoms with E-state index in [2.05, 4.69) is 5.32 Å². The van der Waals surface area contributed by atoms with Gasteiger partial charge in [-0.2, -0.15) is 13.2 Å². The standard InChI is InChI=1S/C16H12F3NO2/c17-16(18,19)13-7-14(21)22-15-11(8-20-9-12(13)15)6-10-4-2-1-3-5-10/h1-7,20H,8-9H2/b11-6+. The van der Waals surface area contributed by atoms with Crippen LogP contribution in [-0.4, -0.2) is 6.54 Å². The van der Waals surface area contributed by atoms with Gasteiger partial charge in [-0.05, 0) is 11.6 Å². The zero-order valence-electron chi connectivity index (χ0n) is 11.4. The van der Waals surface area contributed by atoms with Crippen molar-refractivity contribution in [1.82, 2.24) is 5.32 Å². The third-order valence-corrected chi connectivity index (χ3v) is 3.42. The number of fused-ring (bicyclic) bond motifs is 1. The van der Waals surface area contributed by atoms with Crippen LogP contribution in [0.1, 0.15) is 22.5 Å². The summed E-state index contributed by atoms with van der Waals surface area (Å²) in [4.78, 5) is 11.5. The minimum absolute atomic E-state index is 0.0140. The quantitative estimate of drug-likeness (QED) is 0.879. The largest absolute Gasteiger partial charge is 0.423 e. The van der Waals surface area contributed by atoms with Crippen LogP contribution in [0.15, 0.2) is 45.6 Å². The Morgan fingerprint density at radius 1 is 1.14 bits per heavy atom. The van der Waals surface area contributed by atoms with E-state index in [1.807, 2.05) is 30.3 Å². The molecule has 2 aromatic rings. The second kappa shape index (κ2) is 5.46. The average Bonchev–Trinajstić information content (AvgIpc) is 2.47. The molecule has 2 heterocycles. The first-order valence-electron chi connectivity index (χ1n) is 6.66. The summed E-state index contributed by atoms with van der Waals surface area (Å²) < 4.78 is 44.3. The summed E-state index contributed by atoms with van der Waals surface area (Å²) in [6.07, 6.45) is -2.87. The van der Waals surface area contributed by atoms with Gasteiger partial charge in [0.25, 0.3) is 0 Å². The highest BCUT2D eigenvalue weighted by Crippen LogP contribution is 2.35. The minimum atomic E-state index is -4.59. The first-order chi connectivity index (χ1) is 10.4. The number of halogens is 3. The van der Waals surface area contributed by atoms with Crippen LogP contribution >= 0.6 is 0 Å². The molecule has 0 aliphatic carbocycles. The topological polar surface area (TPSA) is 42.2 Å². The molecule has 0 spiro atoms. The van der Waals surface area contributed by atoms with Gasteiger partial charge in [-0.25, -0.2) is 4.79 Å². The van der Waals surface area contributed by atoms with Gasteiger partial charge in [0, 0.05) is 30.3 Å². The van der Waals surface area contributed by atoms with Crippen molar-refractivity contribution >= 4 is 11.6 Å². The SMILES string of the molecule is O=c1cc(C(F)(F)F)c2c(o1)/C(=C/c1ccccc1)CNC2. The minimum Gasteiger partial charge on any atom is -0.423 e. The Kier molecular flexibility index (Phi) is 3.62. The molecular formula is C16H12F3NO2. The first-order valence-corrected chi connectivity index (χ1v) is 6.66. The second-order valence-electron chi connectivity index (χ2n) is 4.97. The molecule has 1 aromatic carbocycles. The normalized spacial score (nSPS) is 16.6. The molecule has 3 nitrogen and oxygen atoms in total. The summed E-state index contributed by atoms with van der Waals surface area (Å²) in [5.41, 5.74) is -0.611. The summed E-state index contributed by atoms with van der Waals surface area (Å²) in [5.74, 6) is 0.0161. The predicted octanol–water partition coefficient (Wildman–Crippen LogP) is 3.30. The smallest absolute Gasteiger partial charge is 0.417 e. The monoisotopic (exact) mass is 307 g/mol. The maximum atomic E-state index is 13.1. The first kappa shape index (κ1) is 14.6. The van der Waals surface area contributed by atoms with Gasteiger partial charge in [-0.1, -0.05) is 30.3 Å². The van der Waals surface area contributed by atoms with Crippen molar-refractivity contribution < 1.29 is 17.6 Å². The lowest BCUT2D eigenvalue weighted by Gasteiger charge is -2.22. The molecule has 6 heteroatoms. The van der Waals surface area contributed by atoms with Crippen LogP contribution in [0, 0.1) is 0 Å². The molecule has 1 N–H and O–H groups in total. The van der Waals surface area contributed by atoms with E-state index in [1.165, 1.54) is 0 Å². The van der Waals surface area contributed by atoms with Crippen molar-refractivity contribution in [2.75, 3.05) is 6.54 Å². The Hall–Kier alpha value is -2.34. The summed E-state index contributed by atoms with van der Waals surface area (Å²) in [7, 11) is 0. The molecule has 1 aromatic heterocycles. The fourth-order valence-electron chi connectivity index (χ4n) is 2.48. The van der Waals surface area contributed by atoms with E-state index in [0.717, 1.165) is 5.56 Å². The van der Waals surface area contributed by atoms with E-state index in [4.69, 9.17) is 4.42 Å². The highest BCUT2D eigenvalue weighted by molar-refractivity contribution is 5.82. The number of alkyl halides is 3. The Bertz CT molecular complexity index is 776. The Morgan fingerprint density at radius 3 is 2.55 bits per heavy atom. The van der Waals surface area contributed by atoms with Gasteiger partial charge in [0.15, 0.2) is 0 Å². The van der Waals surface area contributed by atoms with E-state index in [-0.39, 0.29) is 17.9 Å². The highest BCUT2D eigenvalue weighted by Gasteiger charge is 2.37. The summed E-state index contributed by atoms with van der Waals surface area (Å²) >= 11 is 0. The third kappa shape index (κ3) is 2.82. The molecule has 1 aliphatic rings. The average molecular weight is 307 g/mol. The molecule has 0 atom stereocenters. The van der Waals surface area contributed by atoms with Crippen LogP contribution < -0.4 is 10.9 Å². The molecular weight excluding hydrogens is 295 g/mol. The Labute approximate surface area is 124 Å². The van der Waals surface area contributed by atoms with Gasteiger partial charge in [0.05, 0.1) is 5.56 Å². The number of rotatable bonds is 1. The summed E-state index contributed by atoms with van der Waals surface area (Å²) in [6, 6.07) is 9.65. The van der Waals surface area contributed by atoms with Gasteiger partial charge < -0.3 is 9.73 Å². The Morgan fingerprint density at radius 2 is 1.86 bits per heavy atom. The van der Waals surface area contributed by atoms with Gasteiger partial charge in [0.2, 0.25) is 0 Å². The van der Waals surface area contributed by atoms with Crippen LogP contribution in [0.3, 0.4) is 0 Å². The lowest BCUT2D eigenvalue weighted by atomic mass is 9.97. The molecule has 22 heavy (non-hydrogen) atoms. The van der Waals surface area contributed by atoms with Gasteiger partial charge >= 0.3 is 11.8 Å². The van der Waals surface area contributed by atoms with E-state index in [9.17, 15) is 18.0 Å². The van der Waals surface area contributed by atoms with Gasteiger partial charge in [-0.15, -0.1) is 0 Å². The molecule has 0 saturated carbocycles. The van der Waals surface area contributed by atoms with Gasteiger partial charge in [-0.3, -0.25) is 0 Å². The van der Waals surface area contributed by atoms with Crippen LogP contribution in [0.2, 0.25) is 0 Å². The van der Waals surface area contributed by atoms with Crippen molar-refractivity contribution in [3.63, 3.8) is 0 Å². The zero-order chi connectivity index (χ0) is 15.7. The van der Waals surface area contributed by atoms with Crippen LogP contribution in [0.25, 0.3) is 11.6 Å². The van der Waals surface area contributed by atoms with Crippen molar-refractivity contribution in [2.45, 2.75) is 12.7 Å². The zero-order valence-corrected chi connectivity index (χ0v) is 11.4. The molecule has 0 bridgehead atoms. The van der Waals surface area contributed by atoms with Crippen molar-refractivity contribution in [3.05, 3.63) is 69.3 Å². The number of hydrogen-bond donors (Lipinski definition) is 1. The molecule has 0 fully saturated rings. The molecule has 0 radical (unpaired) electrons. The maximum Gasteiger partial charge on any atom is 0.417 e. The highest BCUT2D eigenvalue weighted by atomic mass is 19.4. The van der Waals surface area contributed by atoms with Crippen molar-refractivity contribution in [1.29, 1.82) is 0 Å². The molecule has 3 rings (SSSR count). The molecule has 114 valence electrons. The molecule has 0 saturated heterocycles. The van der Waals surface area contributed by atoms with E-state index in [0.29, 0.717) is 18.2 Å². The summed E-state index contributed by atoms with van der Waals surface area (Å²) in [6.45, 7) is 0.353. The predicted molar refractivity (Wildman–Crippen MR) is 76.0 cm³/mol. The number of benzene rings is 1. The Balaban J connectivity index is 2.17. The molecule has 0 unspecified atom stereocenters. The van der Waals surface area contributed by atoms with Crippen LogP contribution in [-0.2, 0) is 12.7 Å². The molecule has 1 aliphatic heterocycles. The second-order valence-corrected chi connectivity index (χ2v) is 4.97. The van der Waals surface area contributed by atoms with E-state index < -0.39 is 17.4 Å². The van der Waals surface area contributed by atoms with Gasteiger partial charge in [0.1, 0.15) is 5.76 Å². The van der Waals surface area contributed by atoms with Crippen molar-refractivity contribution in [2.24, 2.45) is 0 Å². The lowest BCUT2D eigenvalue weighted by molar-refractivity contribution is -0.138. The molecule has 0 amide bonds. The van der Waals surface area contributed by atoms with Crippen LogP contribution in [0.5, 0.6) is 0 Å². The third-order valence-electron chi connectivity index (χ3n) is 3.42. The van der Waals surface area contributed by atoms with E-state index in [1.54, 1.807) is 6.08 Å². The number of nitrogens with one attached hydrogen (secondary N) is 1.